The van der Waals surface area contributed by atoms with Crippen molar-refractivity contribution in [1.82, 2.24) is 29.4 Å². The van der Waals surface area contributed by atoms with Crippen LogP contribution in [0.3, 0.4) is 0 Å². The van der Waals surface area contributed by atoms with E-state index in [1.807, 2.05) is 18.3 Å². The van der Waals surface area contributed by atoms with Gasteiger partial charge in [0.15, 0.2) is 5.65 Å². The number of allylic oxidation sites excluding steroid dienone is 4. The van der Waals surface area contributed by atoms with Crippen LogP contribution in [0.15, 0.2) is 47.2 Å². The van der Waals surface area contributed by atoms with E-state index in [2.05, 4.69) is 39.3 Å². The second-order valence-electron chi connectivity index (χ2n) is 11.2. The number of amides is 2. The van der Waals surface area contributed by atoms with E-state index in [0.29, 0.717) is 55.0 Å². The number of likely N-dealkylation sites (tertiary alicyclic amines) is 2. The number of aromatic nitrogens is 4. The number of rotatable bonds is 4. The molecular formula is C30H34BrN7O3. The van der Waals surface area contributed by atoms with Crippen LogP contribution in [0.5, 0.6) is 0 Å². The summed E-state index contributed by atoms with van der Waals surface area (Å²) in [7, 11) is 0. The lowest BCUT2D eigenvalue weighted by Gasteiger charge is -2.41. The Balaban J connectivity index is 1.20. The van der Waals surface area contributed by atoms with E-state index in [-0.39, 0.29) is 30.6 Å². The molecular weight excluding hydrogens is 586 g/mol. The summed E-state index contributed by atoms with van der Waals surface area (Å²) in [6.45, 7) is 3.34. The Labute approximate surface area is 247 Å². The number of fused-ring (bicyclic) bond motifs is 1. The summed E-state index contributed by atoms with van der Waals surface area (Å²) in [6, 6.07) is 4.09. The van der Waals surface area contributed by atoms with Crippen LogP contribution in [0.1, 0.15) is 62.8 Å². The Morgan fingerprint density at radius 3 is 2.49 bits per heavy atom. The number of piperidine rings is 2. The maximum absolute atomic E-state index is 13.3. The van der Waals surface area contributed by atoms with Crippen LogP contribution in [0.25, 0.3) is 22.3 Å². The van der Waals surface area contributed by atoms with Crippen molar-refractivity contribution in [2.45, 2.75) is 57.0 Å². The van der Waals surface area contributed by atoms with Gasteiger partial charge in [0, 0.05) is 69.2 Å². The maximum atomic E-state index is 13.3. The summed E-state index contributed by atoms with van der Waals surface area (Å²) in [5.74, 6) is 0.295. The van der Waals surface area contributed by atoms with Gasteiger partial charge in [0.1, 0.15) is 11.4 Å². The van der Waals surface area contributed by atoms with E-state index in [1.165, 1.54) is 12.5 Å². The minimum absolute atomic E-state index is 0.0287. The second-order valence-corrected chi connectivity index (χ2v) is 12.0. The summed E-state index contributed by atoms with van der Waals surface area (Å²) >= 11 is 3.66. The van der Waals surface area contributed by atoms with Gasteiger partial charge in [0.25, 0.3) is 5.91 Å². The maximum Gasteiger partial charge on any atom is 0.254 e. The van der Waals surface area contributed by atoms with Crippen molar-refractivity contribution in [3.63, 3.8) is 0 Å². The average molecular weight is 621 g/mol. The molecule has 41 heavy (non-hydrogen) atoms. The number of aliphatic hydroxyl groups is 1. The first-order chi connectivity index (χ1) is 19.7. The molecule has 0 spiro atoms. The lowest BCUT2D eigenvalue weighted by Crippen LogP contribution is -2.56. The third kappa shape index (κ3) is 5.17. The van der Waals surface area contributed by atoms with Crippen LogP contribution in [0.2, 0.25) is 0 Å². The van der Waals surface area contributed by atoms with Gasteiger partial charge in [-0.2, -0.15) is 9.61 Å². The van der Waals surface area contributed by atoms with Gasteiger partial charge in [-0.05, 0) is 53.3 Å². The number of hydrogen-bond donors (Lipinski definition) is 2. The van der Waals surface area contributed by atoms with Gasteiger partial charge in [-0.3, -0.25) is 14.6 Å². The minimum Gasteiger partial charge on any atom is -0.383 e. The fourth-order valence-corrected chi connectivity index (χ4v) is 6.68. The number of nitrogens with two attached hydrogens (primary N) is 1. The third-order valence-electron chi connectivity index (χ3n) is 8.67. The molecule has 0 bridgehead atoms. The van der Waals surface area contributed by atoms with Crippen LogP contribution in [-0.4, -0.2) is 78.1 Å². The number of nitrogens with zero attached hydrogens (tertiary/aromatic N) is 6. The molecule has 2 aliphatic heterocycles. The van der Waals surface area contributed by atoms with Crippen LogP contribution in [0, 0.1) is 0 Å². The van der Waals surface area contributed by atoms with Gasteiger partial charge >= 0.3 is 0 Å². The first-order valence-corrected chi connectivity index (χ1v) is 15.0. The molecule has 2 fully saturated rings. The second kappa shape index (κ2) is 11.0. The van der Waals surface area contributed by atoms with Crippen molar-refractivity contribution in [2.24, 2.45) is 0 Å². The number of halogens is 1. The summed E-state index contributed by atoms with van der Waals surface area (Å²) in [5, 5.41) is 15.6. The molecule has 1 aliphatic carbocycles. The SMILES string of the molecule is CC(=O)N1CCC(O)(C(=O)N2CCC(c3nc4c(-c5ccc(C6=CC=CCC6)nc5)cnn4c(N)c3Br)CC2)CC1. The highest BCUT2D eigenvalue weighted by Gasteiger charge is 2.43. The highest BCUT2D eigenvalue weighted by molar-refractivity contribution is 9.10. The molecule has 0 aromatic carbocycles. The average Bonchev–Trinajstić information content (AvgIpc) is 3.43. The number of anilines is 1. The summed E-state index contributed by atoms with van der Waals surface area (Å²) in [6.07, 6.45) is 13.9. The number of nitrogen functional groups attached to an aromatic ring is 1. The lowest BCUT2D eigenvalue weighted by molar-refractivity contribution is -0.159. The molecule has 3 aromatic rings. The minimum atomic E-state index is -1.42. The fraction of sp³-hybridized carbons (Fsp3) is 0.433. The molecule has 3 aliphatic rings. The molecule has 0 unspecified atom stereocenters. The van der Waals surface area contributed by atoms with Crippen molar-refractivity contribution in [3.8, 4) is 11.1 Å². The van der Waals surface area contributed by atoms with Crippen LogP contribution < -0.4 is 5.73 Å². The van der Waals surface area contributed by atoms with Crippen molar-refractivity contribution >= 4 is 44.8 Å². The van der Waals surface area contributed by atoms with Crippen molar-refractivity contribution in [1.29, 1.82) is 0 Å². The monoisotopic (exact) mass is 619 g/mol. The van der Waals surface area contributed by atoms with Crippen LogP contribution >= 0.6 is 15.9 Å². The van der Waals surface area contributed by atoms with E-state index in [9.17, 15) is 14.7 Å². The molecule has 10 nitrogen and oxygen atoms in total. The normalized spacial score (nSPS) is 19.4. The zero-order valence-corrected chi connectivity index (χ0v) is 24.7. The standard InChI is InChI=1S/C30H34BrN7O3/c1-19(39)36-15-11-30(41,12-16-36)29(40)37-13-9-21(10-14-37)26-25(31)27(32)38-28(35-26)23(18-34-38)22-7-8-24(33-17-22)20-5-3-2-4-6-20/h2-3,5,7-8,17-18,21,41H,4,6,9-16,32H2,1H3. The number of pyridine rings is 1. The highest BCUT2D eigenvalue weighted by atomic mass is 79.9. The number of carbonyl (C=O) groups is 2. The molecule has 3 N–H and O–H groups in total. The summed E-state index contributed by atoms with van der Waals surface area (Å²) < 4.78 is 2.36. The predicted octanol–water partition coefficient (Wildman–Crippen LogP) is 3.95. The van der Waals surface area contributed by atoms with E-state index in [0.717, 1.165) is 35.4 Å². The van der Waals surface area contributed by atoms with Crippen molar-refractivity contribution in [3.05, 3.63) is 58.6 Å². The first kappa shape index (κ1) is 27.6. The molecule has 0 saturated carbocycles. The summed E-state index contributed by atoms with van der Waals surface area (Å²) in [5.41, 5.74) is 10.6. The molecule has 3 aromatic heterocycles. The van der Waals surface area contributed by atoms with Crippen molar-refractivity contribution in [2.75, 3.05) is 31.9 Å². The zero-order valence-electron chi connectivity index (χ0n) is 23.1. The quantitative estimate of drug-likeness (QED) is 0.452. The fourth-order valence-electron chi connectivity index (χ4n) is 6.10. The van der Waals surface area contributed by atoms with Gasteiger partial charge in [-0.25, -0.2) is 4.98 Å². The van der Waals surface area contributed by atoms with Gasteiger partial charge < -0.3 is 20.6 Å². The van der Waals surface area contributed by atoms with Gasteiger partial charge in [-0.1, -0.05) is 24.3 Å². The van der Waals surface area contributed by atoms with Gasteiger partial charge in [0.2, 0.25) is 5.91 Å². The molecule has 6 rings (SSSR count). The van der Waals surface area contributed by atoms with Gasteiger partial charge in [0.05, 0.1) is 22.1 Å². The largest absolute Gasteiger partial charge is 0.383 e. The molecule has 214 valence electrons. The summed E-state index contributed by atoms with van der Waals surface area (Å²) in [4.78, 5) is 38.1. The van der Waals surface area contributed by atoms with Gasteiger partial charge in [-0.15, -0.1) is 0 Å². The van der Waals surface area contributed by atoms with Crippen LogP contribution in [-0.2, 0) is 9.59 Å². The zero-order chi connectivity index (χ0) is 28.7. The Morgan fingerprint density at radius 1 is 1.10 bits per heavy atom. The Kier molecular flexibility index (Phi) is 7.41. The first-order valence-electron chi connectivity index (χ1n) is 14.2. The molecule has 11 heteroatoms. The molecule has 2 saturated heterocycles. The van der Waals surface area contributed by atoms with E-state index in [4.69, 9.17) is 15.7 Å². The Morgan fingerprint density at radius 2 is 1.85 bits per heavy atom. The third-order valence-corrected chi connectivity index (χ3v) is 9.48. The predicted molar refractivity (Wildman–Crippen MR) is 160 cm³/mol. The topological polar surface area (TPSA) is 130 Å². The molecule has 0 atom stereocenters. The van der Waals surface area contributed by atoms with E-state index in [1.54, 1.807) is 20.5 Å². The molecule has 2 amide bonds. The Bertz CT molecular complexity index is 1550. The van der Waals surface area contributed by atoms with E-state index >= 15 is 0 Å². The Hall–Kier alpha value is -3.57. The highest BCUT2D eigenvalue weighted by Crippen LogP contribution is 2.38. The number of hydrogen-bond acceptors (Lipinski definition) is 7. The number of carbonyl (C=O) groups excluding carboxylic acids is 2. The smallest absolute Gasteiger partial charge is 0.254 e. The molecule has 0 radical (unpaired) electrons. The lowest BCUT2D eigenvalue weighted by atomic mass is 9.87. The van der Waals surface area contributed by atoms with Crippen molar-refractivity contribution < 1.29 is 14.7 Å². The van der Waals surface area contributed by atoms with E-state index < -0.39 is 5.60 Å². The molecule has 5 heterocycles. The van der Waals surface area contributed by atoms with Crippen LogP contribution in [0.4, 0.5) is 5.82 Å².